The highest BCUT2D eigenvalue weighted by atomic mass is 16.2. The van der Waals surface area contributed by atoms with Crippen molar-refractivity contribution in [2.24, 2.45) is 0 Å². The summed E-state index contributed by atoms with van der Waals surface area (Å²) in [5.41, 5.74) is 5.83. The van der Waals surface area contributed by atoms with Crippen molar-refractivity contribution >= 4 is 34.1 Å². The molecule has 1 aliphatic rings. The van der Waals surface area contributed by atoms with Gasteiger partial charge in [-0.3, -0.25) is 4.79 Å². The summed E-state index contributed by atoms with van der Waals surface area (Å²) >= 11 is 0. The maximum atomic E-state index is 12.4. The molecule has 3 aromatic rings. The lowest BCUT2D eigenvalue weighted by atomic mass is 10.0. The van der Waals surface area contributed by atoms with Gasteiger partial charge in [0.15, 0.2) is 0 Å². The number of fused-ring (bicyclic) bond motifs is 2. The summed E-state index contributed by atoms with van der Waals surface area (Å²) in [7, 11) is 4.10. The molecule has 2 aromatic carbocycles. The second kappa shape index (κ2) is 7.58. The third kappa shape index (κ3) is 3.28. The summed E-state index contributed by atoms with van der Waals surface area (Å²) in [6.45, 7) is 4.81. The molecule has 0 saturated carbocycles. The van der Waals surface area contributed by atoms with E-state index in [0.717, 1.165) is 29.0 Å². The highest BCUT2D eigenvalue weighted by molar-refractivity contribution is 6.35. The van der Waals surface area contributed by atoms with Crippen LogP contribution in [0.15, 0.2) is 48.5 Å². The molecule has 4 nitrogen and oxygen atoms in total. The van der Waals surface area contributed by atoms with Gasteiger partial charge in [-0.2, -0.15) is 0 Å². The molecule has 0 unspecified atom stereocenters. The first-order chi connectivity index (χ1) is 12.6. The lowest BCUT2D eigenvalue weighted by molar-refractivity contribution is -0.110. The third-order valence-electron chi connectivity index (χ3n) is 4.32. The molecule has 4 heteroatoms. The zero-order chi connectivity index (χ0) is 18.7. The summed E-state index contributed by atoms with van der Waals surface area (Å²) in [4.78, 5) is 18.0. The topological polar surface area (TPSA) is 48.1 Å². The van der Waals surface area contributed by atoms with Crippen LogP contribution in [-0.4, -0.2) is 29.9 Å². The minimum absolute atomic E-state index is 0.0503. The number of aromatic amines is 1. The molecule has 0 bridgehead atoms. The molecular weight excluding hydrogens is 322 g/mol. The van der Waals surface area contributed by atoms with Crippen molar-refractivity contribution in [1.82, 2.24) is 9.88 Å². The number of hydrogen-bond acceptors (Lipinski definition) is 2. The normalized spacial score (nSPS) is 14.3. The molecule has 1 aliphatic heterocycles. The van der Waals surface area contributed by atoms with E-state index < -0.39 is 0 Å². The quantitative estimate of drug-likeness (QED) is 0.672. The number of benzene rings is 2. The average molecular weight is 347 g/mol. The highest BCUT2D eigenvalue weighted by Gasteiger charge is 2.24. The fourth-order valence-electron chi connectivity index (χ4n) is 3.26. The Labute approximate surface area is 154 Å². The van der Waals surface area contributed by atoms with Crippen LogP contribution in [0.1, 0.15) is 30.7 Å². The summed E-state index contributed by atoms with van der Waals surface area (Å²) in [6, 6.07) is 16.1. The van der Waals surface area contributed by atoms with Gasteiger partial charge in [0.2, 0.25) is 0 Å². The second-order valence-electron chi connectivity index (χ2n) is 6.36. The van der Waals surface area contributed by atoms with Crippen LogP contribution in [-0.2, 0) is 11.3 Å². The van der Waals surface area contributed by atoms with Crippen LogP contribution in [0.25, 0.3) is 22.6 Å². The van der Waals surface area contributed by atoms with Gasteiger partial charge in [0.25, 0.3) is 5.91 Å². The Morgan fingerprint density at radius 1 is 1.00 bits per heavy atom. The molecular formula is C22H25N3O. The van der Waals surface area contributed by atoms with Crippen molar-refractivity contribution in [3.63, 3.8) is 0 Å². The largest absolute Gasteiger partial charge is 0.355 e. The Kier molecular flexibility index (Phi) is 5.24. The average Bonchev–Trinajstić information content (AvgIpc) is 3.15. The van der Waals surface area contributed by atoms with Gasteiger partial charge in [-0.15, -0.1) is 0 Å². The molecule has 2 heterocycles. The van der Waals surface area contributed by atoms with Crippen LogP contribution in [0.5, 0.6) is 0 Å². The first-order valence-corrected chi connectivity index (χ1v) is 9.00. The Bertz CT molecular complexity index is 966. The predicted molar refractivity (Wildman–Crippen MR) is 110 cm³/mol. The number of para-hydroxylation sites is 2. The molecule has 4 rings (SSSR count). The van der Waals surface area contributed by atoms with E-state index in [1.165, 1.54) is 10.9 Å². The fraction of sp³-hybridized carbons (Fsp3) is 0.227. The van der Waals surface area contributed by atoms with Crippen LogP contribution in [0, 0.1) is 0 Å². The van der Waals surface area contributed by atoms with Crippen molar-refractivity contribution < 1.29 is 4.79 Å². The highest BCUT2D eigenvalue weighted by Crippen LogP contribution is 2.34. The Balaban J connectivity index is 0.000000948. The maximum absolute atomic E-state index is 12.4. The lowest BCUT2D eigenvalue weighted by Crippen LogP contribution is -2.11. The van der Waals surface area contributed by atoms with Crippen molar-refractivity contribution in [1.29, 1.82) is 0 Å². The number of aromatic nitrogens is 1. The van der Waals surface area contributed by atoms with Crippen LogP contribution < -0.4 is 5.32 Å². The van der Waals surface area contributed by atoms with Gasteiger partial charge >= 0.3 is 0 Å². The summed E-state index contributed by atoms with van der Waals surface area (Å²) in [5.74, 6) is -0.0503. The van der Waals surface area contributed by atoms with Crippen molar-refractivity contribution in [2.75, 3.05) is 19.4 Å². The minimum Gasteiger partial charge on any atom is -0.355 e. The maximum Gasteiger partial charge on any atom is 0.256 e. The fourth-order valence-corrected chi connectivity index (χ4v) is 3.26. The van der Waals surface area contributed by atoms with E-state index in [9.17, 15) is 4.79 Å². The lowest BCUT2D eigenvalue weighted by Gasteiger charge is -2.10. The molecule has 2 N–H and O–H groups in total. The molecule has 0 atom stereocenters. The van der Waals surface area contributed by atoms with E-state index in [4.69, 9.17) is 0 Å². The van der Waals surface area contributed by atoms with E-state index in [-0.39, 0.29) is 5.91 Å². The molecule has 1 amide bonds. The molecule has 134 valence electrons. The first kappa shape index (κ1) is 18.0. The van der Waals surface area contributed by atoms with Gasteiger partial charge < -0.3 is 15.2 Å². The monoisotopic (exact) mass is 347 g/mol. The number of H-pyrrole nitrogens is 1. The minimum atomic E-state index is -0.0503. The number of carbonyl (C=O) groups is 1. The molecule has 0 spiro atoms. The molecule has 0 saturated heterocycles. The third-order valence-corrected chi connectivity index (χ3v) is 4.32. The first-order valence-electron chi connectivity index (χ1n) is 9.00. The molecule has 0 radical (unpaired) electrons. The zero-order valence-electron chi connectivity index (χ0n) is 15.8. The molecule has 0 aliphatic carbocycles. The van der Waals surface area contributed by atoms with E-state index in [1.54, 1.807) is 0 Å². The Morgan fingerprint density at radius 2 is 1.69 bits per heavy atom. The van der Waals surface area contributed by atoms with Crippen LogP contribution in [0.3, 0.4) is 0 Å². The van der Waals surface area contributed by atoms with E-state index in [0.29, 0.717) is 5.57 Å². The van der Waals surface area contributed by atoms with Crippen molar-refractivity contribution in [2.45, 2.75) is 20.4 Å². The van der Waals surface area contributed by atoms with Crippen LogP contribution in [0.2, 0.25) is 0 Å². The number of carbonyl (C=O) groups excluding carboxylic acids is 1. The number of rotatable bonds is 3. The number of nitrogens with one attached hydrogen (secondary N) is 2. The number of anilines is 1. The summed E-state index contributed by atoms with van der Waals surface area (Å²) in [5, 5.41) is 4.13. The van der Waals surface area contributed by atoms with Crippen LogP contribution in [0.4, 0.5) is 5.69 Å². The van der Waals surface area contributed by atoms with E-state index in [1.807, 2.05) is 56.3 Å². The Morgan fingerprint density at radius 3 is 2.46 bits per heavy atom. The summed E-state index contributed by atoms with van der Waals surface area (Å²) < 4.78 is 0. The predicted octanol–water partition coefficient (Wildman–Crippen LogP) is 4.75. The molecule has 0 fully saturated rings. The zero-order valence-corrected chi connectivity index (χ0v) is 15.8. The van der Waals surface area contributed by atoms with Gasteiger partial charge in [-0.05, 0) is 37.9 Å². The number of hydrogen-bond donors (Lipinski definition) is 2. The smallest absolute Gasteiger partial charge is 0.256 e. The molecule has 26 heavy (non-hydrogen) atoms. The number of amides is 1. The van der Waals surface area contributed by atoms with E-state index in [2.05, 4.69) is 41.4 Å². The van der Waals surface area contributed by atoms with Crippen molar-refractivity contribution in [3.05, 3.63) is 65.4 Å². The molecule has 1 aromatic heterocycles. The van der Waals surface area contributed by atoms with Crippen molar-refractivity contribution in [3.8, 4) is 0 Å². The van der Waals surface area contributed by atoms with Gasteiger partial charge in [0, 0.05) is 34.4 Å². The van der Waals surface area contributed by atoms with Gasteiger partial charge in [0.05, 0.1) is 5.57 Å². The van der Waals surface area contributed by atoms with Gasteiger partial charge in [-0.25, -0.2) is 0 Å². The standard InChI is InChI=1S/C20H19N3O.C2H6/c1-23(2)12-16-14-8-4-5-9-17(14)21-19(16)11-15-13-7-3-6-10-18(13)22-20(15)24;1-2/h3-11,21H,12H2,1-2H3,(H,22,24);1-2H3/b15-11-;. The van der Waals surface area contributed by atoms with Crippen LogP contribution >= 0.6 is 0 Å². The second-order valence-corrected chi connectivity index (χ2v) is 6.36. The summed E-state index contributed by atoms with van der Waals surface area (Å²) in [6.07, 6.45) is 1.97. The van der Waals surface area contributed by atoms with Gasteiger partial charge in [0.1, 0.15) is 0 Å². The van der Waals surface area contributed by atoms with Gasteiger partial charge in [-0.1, -0.05) is 50.2 Å². The van der Waals surface area contributed by atoms with E-state index >= 15 is 0 Å². The number of nitrogens with zero attached hydrogens (tertiary/aromatic N) is 1. The SMILES string of the molecule is CC.CN(C)Cc1c(/C=C2\C(=O)Nc3ccccc32)[nH]c2ccccc12. The Hall–Kier alpha value is -2.85.